The summed E-state index contributed by atoms with van der Waals surface area (Å²) in [7, 11) is 2.71. The van der Waals surface area contributed by atoms with Crippen LogP contribution in [0, 0.1) is 5.82 Å². The first-order chi connectivity index (χ1) is 9.06. The molecule has 0 aliphatic rings. The van der Waals surface area contributed by atoms with Crippen LogP contribution in [-0.2, 0) is 0 Å². The van der Waals surface area contributed by atoms with Gasteiger partial charge in [-0.15, -0.1) is 0 Å². The second kappa shape index (κ2) is 4.97. The van der Waals surface area contributed by atoms with Crippen LogP contribution >= 0.6 is 0 Å². The molecule has 0 spiro atoms. The highest BCUT2D eigenvalue weighted by atomic mass is 19.1. The lowest BCUT2D eigenvalue weighted by atomic mass is 10.1. The van der Waals surface area contributed by atoms with E-state index in [1.165, 1.54) is 20.3 Å². The van der Waals surface area contributed by atoms with Gasteiger partial charge in [0, 0.05) is 18.2 Å². The van der Waals surface area contributed by atoms with Gasteiger partial charge in [-0.1, -0.05) is 5.16 Å². The summed E-state index contributed by atoms with van der Waals surface area (Å²) in [6.07, 6.45) is 0. The van der Waals surface area contributed by atoms with E-state index in [0.717, 1.165) is 12.1 Å². The first kappa shape index (κ1) is 12.9. The van der Waals surface area contributed by atoms with Crippen LogP contribution in [0.5, 0.6) is 11.5 Å². The number of carboxylic acid groups (broad SMARTS) is 1. The largest absolute Gasteiger partial charge is 0.496 e. The van der Waals surface area contributed by atoms with Crippen molar-refractivity contribution in [1.29, 1.82) is 0 Å². The molecule has 0 unspecified atom stereocenters. The molecule has 0 bridgehead atoms. The molecule has 0 saturated carbocycles. The molecule has 0 aliphatic carbocycles. The predicted octanol–water partition coefficient (Wildman–Crippen LogP) is 2.20. The zero-order valence-electron chi connectivity index (χ0n) is 10.1. The van der Waals surface area contributed by atoms with Crippen molar-refractivity contribution in [2.75, 3.05) is 14.2 Å². The number of nitrogens with zero attached hydrogens (tertiary/aromatic N) is 1. The van der Waals surface area contributed by atoms with E-state index in [-0.39, 0.29) is 23.0 Å². The SMILES string of the molecule is COc1cc(F)cc(OC)c1-c1cc(C(=O)O)on1. The molecule has 0 radical (unpaired) electrons. The molecule has 100 valence electrons. The average Bonchev–Trinajstić information content (AvgIpc) is 2.86. The van der Waals surface area contributed by atoms with Crippen LogP contribution in [0.1, 0.15) is 10.6 Å². The zero-order chi connectivity index (χ0) is 14.0. The fourth-order valence-corrected chi connectivity index (χ4v) is 1.63. The number of carboxylic acids is 1. The molecular weight excluding hydrogens is 257 g/mol. The van der Waals surface area contributed by atoms with Crippen molar-refractivity contribution in [1.82, 2.24) is 5.16 Å². The Morgan fingerprint density at radius 3 is 2.26 bits per heavy atom. The lowest BCUT2D eigenvalue weighted by Crippen LogP contribution is -1.95. The standard InChI is InChI=1S/C12H10FNO5/c1-17-8-3-6(13)4-9(18-2)11(8)7-5-10(12(15)16)19-14-7/h3-5H,1-2H3,(H,15,16). The topological polar surface area (TPSA) is 81.8 Å². The molecule has 19 heavy (non-hydrogen) atoms. The van der Waals surface area contributed by atoms with Crippen LogP contribution in [-0.4, -0.2) is 30.5 Å². The lowest BCUT2D eigenvalue weighted by Gasteiger charge is -2.10. The monoisotopic (exact) mass is 267 g/mol. The molecule has 6 nitrogen and oxygen atoms in total. The third kappa shape index (κ3) is 2.35. The van der Waals surface area contributed by atoms with Crippen molar-refractivity contribution < 1.29 is 28.3 Å². The quantitative estimate of drug-likeness (QED) is 0.914. The van der Waals surface area contributed by atoms with Crippen LogP contribution in [0.4, 0.5) is 4.39 Å². The maximum atomic E-state index is 13.3. The third-order valence-electron chi connectivity index (χ3n) is 2.45. The summed E-state index contributed by atoms with van der Waals surface area (Å²) in [5.74, 6) is -1.79. The number of benzene rings is 1. The molecule has 1 aromatic heterocycles. The zero-order valence-corrected chi connectivity index (χ0v) is 10.1. The minimum absolute atomic E-state index is 0.169. The van der Waals surface area contributed by atoms with Crippen molar-refractivity contribution in [2.45, 2.75) is 0 Å². The normalized spacial score (nSPS) is 10.3. The summed E-state index contributed by atoms with van der Waals surface area (Å²) in [5.41, 5.74) is 0.508. The highest BCUT2D eigenvalue weighted by molar-refractivity contribution is 5.86. The number of rotatable bonds is 4. The number of aromatic nitrogens is 1. The second-order valence-corrected chi connectivity index (χ2v) is 3.57. The van der Waals surface area contributed by atoms with Gasteiger partial charge in [0.25, 0.3) is 0 Å². The lowest BCUT2D eigenvalue weighted by molar-refractivity contribution is 0.0652. The fraction of sp³-hybridized carbons (Fsp3) is 0.167. The number of aromatic carboxylic acids is 1. The number of methoxy groups -OCH3 is 2. The van der Waals surface area contributed by atoms with Gasteiger partial charge in [0.1, 0.15) is 23.0 Å². The molecule has 0 fully saturated rings. The van der Waals surface area contributed by atoms with Crippen molar-refractivity contribution in [2.24, 2.45) is 0 Å². The Balaban J connectivity index is 2.61. The van der Waals surface area contributed by atoms with Gasteiger partial charge < -0.3 is 19.1 Å². The summed E-state index contributed by atoms with van der Waals surface area (Å²) in [6, 6.07) is 3.50. The highest BCUT2D eigenvalue weighted by Gasteiger charge is 2.20. The van der Waals surface area contributed by atoms with Gasteiger partial charge in [-0.05, 0) is 0 Å². The van der Waals surface area contributed by atoms with E-state index in [9.17, 15) is 9.18 Å². The van der Waals surface area contributed by atoms with Crippen LogP contribution in [0.3, 0.4) is 0 Å². The number of hydrogen-bond donors (Lipinski definition) is 1. The van der Waals surface area contributed by atoms with Crippen molar-refractivity contribution in [3.05, 3.63) is 29.8 Å². The summed E-state index contributed by atoms with van der Waals surface area (Å²) >= 11 is 0. The van der Waals surface area contributed by atoms with E-state index in [0.29, 0.717) is 5.56 Å². The highest BCUT2D eigenvalue weighted by Crippen LogP contribution is 2.38. The van der Waals surface area contributed by atoms with E-state index < -0.39 is 11.8 Å². The summed E-state index contributed by atoms with van der Waals surface area (Å²) < 4.78 is 28.1. The Bertz CT molecular complexity index is 597. The van der Waals surface area contributed by atoms with Crippen molar-refractivity contribution in [3.63, 3.8) is 0 Å². The van der Waals surface area contributed by atoms with E-state index in [4.69, 9.17) is 14.6 Å². The van der Waals surface area contributed by atoms with Gasteiger partial charge in [-0.2, -0.15) is 0 Å². The average molecular weight is 267 g/mol. The first-order valence-corrected chi connectivity index (χ1v) is 5.18. The molecule has 7 heteroatoms. The predicted molar refractivity (Wildman–Crippen MR) is 62.0 cm³/mol. The van der Waals surface area contributed by atoms with E-state index in [2.05, 4.69) is 9.68 Å². The van der Waals surface area contributed by atoms with Crippen molar-refractivity contribution >= 4 is 5.97 Å². The molecule has 2 aromatic rings. The third-order valence-corrected chi connectivity index (χ3v) is 2.45. The number of ether oxygens (including phenoxy) is 2. The first-order valence-electron chi connectivity index (χ1n) is 5.18. The summed E-state index contributed by atoms with van der Waals surface area (Å²) in [6.45, 7) is 0. The molecule has 0 amide bonds. The van der Waals surface area contributed by atoms with Gasteiger partial charge in [-0.3, -0.25) is 0 Å². The molecular formula is C12H10FNO5. The molecule has 1 heterocycles. The smallest absolute Gasteiger partial charge is 0.374 e. The second-order valence-electron chi connectivity index (χ2n) is 3.57. The van der Waals surface area contributed by atoms with Crippen LogP contribution in [0.2, 0.25) is 0 Å². The maximum Gasteiger partial charge on any atom is 0.374 e. The number of hydrogen-bond acceptors (Lipinski definition) is 5. The van der Waals surface area contributed by atoms with Crippen LogP contribution in [0.15, 0.2) is 22.7 Å². The minimum Gasteiger partial charge on any atom is -0.496 e. The van der Waals surface area contributed by atoms with Crippen molar-refractivity contribution in [3.8, 4) is 22.8 Å². The van der Waals surface area contributed by atoms with E-state index >= 15 is 0 Å². The Hall–Kier alpha value is -2.57. The molecule has 0 aliphatic heterocycles. The maximum absolute atomic E-state index is 13.3. The minimum atomic E-state index is -1.25. The van der Waals surface area contributed by atoms with Gasteiger partial charge in [-0.25, -0.2) is 9.18 Å². The van der Waals surface area contributed by atoms with Crippen LogP contribution < -0.4 is 9.47 Å². The van der Waals surface area contributed by atoms with E-state index in [1.807, 2.05) is 0 Å². The Morgan fingerprint density at radius 1 is 1.26 bits per heavy atom. The Morgan fingerprint density at radius 2 is 1.84 bits per heavy atom. The van der Waals surface area contributed by atoms with Gasteiger partial charge in [0.2, 0.25) is 5.76 Å². The van der Waals surface area contributed by atoms with Gasteiger partial charge >= 0.3 is 5.97 Å². The van der Waals surface area contributed by atoms with Gasteiger partial charge in [0.05, 0.1) is 19.8 Å². The number of carbonyl (C=O) groups is 1. The molecule has 1 N–H and O–H groups in total. The summed E-state index contributed by atoms with van der Waals surface area (Å²) in [4.78, 5) is 10.8. The molecule has 0 atom stereocenters. The summed E-state index contributed by atoms with van der Waals surface area (Å²) in [5, 5.41) is 12.4. The number of halogens is 1. The molecule has 2 rings (SSSR count). The fourth-order valence-electron chi connectivity index (χ4n) is 1.63. The Kier molecular flexibility index (Phi) is 3.37. The molecule has 0 saturated heterocycles. The Labute approximate surface area is 107 Å². The van der Waals surface area contributed by atoms with Gasteiger partial charge in [0.15, 0.2) is 0 Å². The molecule has 1 aromatic carbocycles. The van der Waals surface area contributed by atoms with Crippen LogP contribution in [0.25, 0.3) is 11.3 Å². The van der Waals surface area contributed by atoms with E-state index in [1.54, 1.807) is 0 Å².